The lowest BCUT2D eigenvalue weighted by Gasteiger charge is -2.38. The lowest BCUT2D eigenvalue weighted by Crippen LogP contribution is -2.44. The van der Waals surface area contributed by atoms with Crippen molar-refractivity contribution in [1.82, 2.24) is 4.90 Å². The highest BCUT2D eigenvalue weighted by molar-refractivity contribution is 5.79. The number of piperidine rings is 1. The molecule has 2 rings (SSSR count). The maximum Gasteiger partial charge on any atom is 0.135 e. The van der Waals surface area contributed by atoms with Gasteiger partial charge >= 0.3 is 0 Å². The maximum atomic E-state index is 11.7. The third-order valence-corrected chi connectivity index (χ3v) is 3.64. The molecule has 0 aromatic carbocycles. The van der Waals surface area contributed by atoms with Gasteiger partial charge in [-0.15, -0.1) is 0 Å². The number of hydrogen-bond acceptors (Lipinski definition) is 4. The Morgan fingerprint density at radius 1 is 1.33 bits per heavy atom. The zero-order valence-corrected chi connectivity index (χ0v) is 11.0. The van der Waals surface area contributed by atoms with E-state index in [1.165, 1.54) is 0 Å². The van der Waals surface area contributed by atoms with Crippen LogP contribution in [0.2, 0.25) is 0 Å². The van der Waals surface area contributed by atoms with Gasteiger partial charge in [-0.2, -0.15) is 0 Å². The highest BCUT2D eigenvalue weighted by atomic mass is 16.5. The van der Waals surface area contributed by atoms with E-state index in [2.05, 4.69) is 0 Å². The second kappa shape index (κ2) is 7.22. The number of methoxy groups -OCH3 is 1. The van der Waals surface area contributed by atoms with E-state index in [-0.39, 0.29) is 18.6 Å². The molecule has 1 saturated heterocycles. The van der Waals surface area contributed by atoms with E-state index in [1.807, 2.05) is 0 Å². The minimum atomic E-state index is -2.43. The number of Topliss-reactive ketones (excluding diaryl/α,β-unsaturated/α-hetero) is 1. The molecule has 104 valence electrons. The summed E-state index contributed by atoms with van der Waals surface area (Å²) >= 11 is 0. The summed E-state index contributed by atoms with van der Waals surface area (Å²) in [5, 5.41) is 0. The third-order valence-electron chi connectivity index (χ3n) is 3.64. The first-order valence-corrected chi connectivity index (χ1v) is 6.71. The van der Waals surface area contributed by atoms with Crippen LogP contribution >= 0.6 is 0 Å². The molecule has 1 aliphatic heterocycles. The van der Waals surface area contributed by atoms with Gasteiger partial charge in [0, 0.05) is 44.5 Å². The molecule has 0 atom stereocenters. The fourth-order valence-electron chi connectivity index (χ4n) is 2.57. The Bertz CT molecular complexity index is 398. The predicted octanol–water partition coefficient (Wildman–Crippen LogP) is 1.63. The molecule has 18 heavy (non-hydrogen) atoms. The van der Waals surface area contributed by atoms with Crippen molar-refractivity contribution in [3.63, 3.8) is 0 Å². The fraction of sp³-hybridized carbons (Fsp3) is 0.929. The van der Waals surface area contributed by atoms with Gasteiger partial charge in [0.15, 0.2) is 0 Å². The topological polar surface area (TPSA) is 38.8 Å². The van der Waals surface area contributed by atoms with E-state index >= 15 is 0 Å². The van der Waals surface area contributed by atoms with Gasteiger partial charge in [-0.05, 0) is 25.7 Å². The lowest BCUT2D eigenvalue weighted by molar-refractivity contribution is -0.122. The monoisotopic (exact) mass is 259 g/mol. The van der Waals surface area contributed by atoms with E-state index in [0.29, 0.717) is 19.8 Å². The Morgan fingerprint density at radius 2 is 2.11 bits per heavy atom. The van der Waals surface area contributed by atoms with E-state index in [9.17, 15) is 4.79 Å². The summed E-state index contributed by atoms with van der Waals surface area (Å²) < 4.78 is 42.4. The molecule has 1 heterocycles. The van der Waals surface area contributed by atoms with Crippen molar-refractivity contribution in [2.75, 3.05) is 33.4 Å². The highest BCUT2D eigenvalue weighted by Gasteiger charge is 2.28. The molecule has 1 saturated carbocycles. The zero-order valence-electron chi connectivity index (χ0n) is 15.0. The average Bonchev–Trinajstić information content (AvgIpc) is 2.47. The Morgan fingerprint density at radius 3 is 2.83 bits per heavy atom. The van der Waals surface area contributed by atoms with E-state index in [0.717, 1.165) is 25.7 Å². The van der Waals surface area contributed by atoms with Crippen LogP contribution in [0.15, 0.2) is 0 Å². The molecule has 2 aliphatic rings. The summed E-state index contributed by atoms with van der Waals surface area (Å²) in [5.74, 6) is -0.634. The molecule has 0 radical (unpaired) electrons. The van der Waals surface area contributed by atoms with Gasteiger partial charge in [-0.25, -0.2) is 0 Å². The number of nitrogens with zero attached hydrogens (tertiary/aromatic N) is 1. The molecule has 2 fully saturated rings. The maximum absolute atomic E-state index is 11.7. The largest absolute Gasteiger partial charge is 0.382 e. The van der Waals surface area contributed by atoms with Gasteiger partial charge < -0.3 is 9.47 Å². The first-order valence-electron chi connectivity index (χ1n) is 8.71. The number of carbonyl (C=O) groups excluding carboxylic acids is 1. The normalized spacial score (nSPS) is 39.5. The van der Waals surface area contributed by atoms with Gasteiger partial charge in [0.2, 0.25) is 0 Å². The molecule has 0 aromatic rings. The lowest BCUT2D eigenvalue weighted by atomic mass is 9.90. The smallest absolute Gasteiger partial charge is 0.135 e. The van der Waals surface area contributed by atoms with Crippen molar-refractivity contribution in [3.05, 3.63) is 0 Å². The number of ketones is 1. The number of rotatable bonds is 5. The molecule has 0 spiro atoms. The van der Waals surface area contributed by atoms with Crippen LogP contribution in [0, 0.1) is 0 Å². The van der Waals surface area contributed by atoms with Gasteiger partial charge in [0.25, 0.3) is 0 Å². The van der Waals surface area contributed by atoms with Crippen molar-refractivity contribution < 1.29 is 19.8 Å². The van der Waals surface area contributed by atoms with E-state index in [4.69, 9.17) is 15.0 Å². The molecule has 0 unspecified atom stereocenters. The minimum Gasteiger partial charge on any atom is -0.382 e. The average molecular weight is 259 g/mol. The standard InChI is InChI=1S/C14H25NO3/c1-17-10-11-18-14-4-2-12(3-5-14)15-8-6-13(16)7-9-15/h12,14H,2-11H2,1H3/i6D2,8D2. The van der Waals surface area contributed by atoms with Crippen molar-refractivity contribution >= 4 is 5.78 Å². The van der Waals surface area contributed by atoms with Crippen LogP contribution in [-0.4, -0.2) is 56.2 Å². The van der Waals surface area contributed by atoms with Crippen LogP contribution in [-0.2, 0) is 14.3 Å². The fourth-order valence-corrected chi connectivity index (χ4v) is 2.57. The van der Waals surface area contributed by atoms with Crippen LogP contribution < -0.4 is 0 Å². The molecule has 4 heteroatoms. The third kappa shape index (κ3) is 4.04. The summed E-state index contributed by atoms with van der Waals surface area (Å²) in [6.07, 6.45) is 1.01. The number of likely N-dealkylation sites (tertiary alicyclic amines) is 1. The van der Waals surface area contributed by atoms with Crippen LogP contribution in [0.1, 0.15) is 44.0 Å². The first kappa shape index (κ1) is 9.45. The molecular formula is C14H25NO3. The predicted molar refractivity (Wildman–Crippen MR) is 69.7 cm³/mol. The van der Waals surface area contributed by atoms with Crippen molar-refractivity contribution in [2.24, 2.45) is 0 Å². The van der Waals surface area contributed by atoms with Crippen LogP contribution in [0.5, 0.6) is 0 Å². The quantitative estimate of drug-likeness (QED) is 0.703. The minimum absolute atomic E-state index is 0.0274. The van der Waals surface area contributed by atoms with Gasteiger partial charge in [0.1, 0.15) is 5.78 Å². The Balaban J connectivity index is 1.92. The van der Waals surface area contributed by atoms with Crippen molar-refractivity contribution in [2.45, 2.75) is 50.6 Å². The summed E-state index contributed by atoms with van der Waals surface area (Å²) in [4.78, 5) is 13.2. The molecule has 0 amide bonds. The number of hydrogen-bond donors (Lipinski definition) is 0. The Kier molecular flexibility index (Phi) is 3.79. The molecule has 0 N–H and O–H groups in total. The molecule has 4 nitrogen and oxygen atoms in total. The van der Waals surface area contributed by atoms with Crippen molar-refractivity contribution in [3.8, 4) is 0 Å². The summed E-state index contributed by atoms with van der Waals surface area (Å²) in [6.45, 7) is -0.813. The van der Waals surface area contributed by atoms with Gasteiger partial charge in [0.05, 0.1) is 19.3 Å². The molecule has 1 aliphatic carbocycles. The summed E-state index contributed by atoms with van der Waals surface area (Å²) in [6, 6.07) is -0.0274. The van der Waals surface area contributed by atoms with Crippen LogP contribution in [0.25, 0.3) is 0 Å². The first-order chi connectivity index (χ1) is 10.3. The second-order valence-corrected chi connectivity index (χ2v) is 4.90. The second-order valence-electron chi connectivity index (χ2n) is 4.90. The van der Waals surface area contributed by atoms with Crippen LogP contribution in [0.3, 0.4) is 0 Å². The Labute approximate surface area is 115 Å². The van der Waals surface area contributed by atoms with Gasteiger partial charge in [-0.3, -0.25) is 9.69 Å². The number of carbonyl (C=O) groups is 1. The van der Waals surface area contributed by atoms with E-state index < -0.39 is 18.7 Å². The molecular weight excluding hydrogens is 230 g/mol. The van der Waals surface area contributed by atoms with E-state index in [1.54, 1.807) is 12.0 Å². The summed E-state index contributed by atoms with van der Waals surface area (Å²) in [5.41, 5.74) is 0. The van der Waals surface area contributed by atoms with Gasteiger partial charge in [-0.1, -0.05) is 0 Å². The molecule has 0 bridgehead atoms. The van der Waals surface area contributed by atoms with Crippen molar-refractivity contribution in [1.29, 1.82) is 0 Å². The SMILES string of the molecule is [2H]C1([2H])C(=O)CCN(C2CCC(OCCOC)CC2)C1([2H])[2H]. The van der Waals surface area contributed by atoms with Crippen LogP contribution in [0.4, 0.5) is 0 Å². The number of ether oxygens (including phenoxy) is 2. The highest BCUT2D eigenvalue weighted by Crippen LogP contribution is 2.26. The molecule has 0 aromatic heterocycles. The zero-order chi connectivity index (χ0) is 16.4. The summed E-state index contributed by atoms with van der Waals surface area (Å²) in [7, 11) is 1.63. The Hall–Kier alpha value is -0.450.